The van der Waals surface area contributed by atoms with Gasteiger partial charge in [0.25, 0.3) is 0 Å². The first-order chi connectivity index (χ1) is 5.72. The average Bonchev–Trinajstić information content (AvgIpc) is 2.10. The van der Waals surface area contributed by atoms with Crippen LogP contribution in [0.4, 0.5) is 0 Å². The second-order valence-electron chi connectivity index (χ2n) is 3.09. The van der Waals surface area contributed by atoms with E-state index in [1.165, 1.54) is 25.7 Å². The third-order valence-electron chi connectivity index (χ3n) is 1.92. The van der Waals surface area contributed by atoms with E-state index in [0.29, 0.717) is 3.92 Å². The van der Waals surface area contributed by atoms with E-state index >= 15 is 0 Å². The molecule has 0 saturated carbocycles. The smallest absolute Gasteiger partial charge is 0.0665 e. The Morgan fingerprint density at radius 1 is 1.25 bits per heavy atom. The zero-order chi connectivity index (χ0) is 9.40. The fourth-order valence-corrected chi connectivity index (χ4v) is 2.01. The first kappa shape index (κ1) is 13.4. The Balaban J connectivity index is 3.24. The zero-order valence-corrected chi connectivity index (χ0v) is 11.9. The Bertz CT molecular complexity index is 98.5. The van der Waals surface area contributed by atoms with Gasteiger partial charge in [0.05, 0.1) is 6.10 Å². The van der Waals surface area contributed by atoms with E-state index in [9.17, 15) is 5.11 Å². The number of halogens is 2. The summed E-state index contributed by atoms with van der Waals surface area (Å²) < 4.78 is 1.48. The highest BCUT2D eigenvalue weighted by Gasteiger charge is 2.13. The lowest BCUT2D eigenvalue weighted by atomic mass is 10.1. The SMILES string of the molecule is CCCCCCC(O)C(I)CI. The van der Waals surface area contributed by atoms with Crippen molar-refractivity contribution in [2.45, 2.75) is 49.1 Å². The van der Waals surface area contributed by atoms with Gasteiger partial charge in [-0.3, -0.25) is 0 Å². The monoisotopic (exact) mass is 396 g/mol. The summed E-state index contributed by atoms with van der Waals surface area (Å²) in [5.74, 6) is 0. The van der Waals surface area contributed by atoms with E-state index in [1.807, 2.05) is 0 Å². The molecule has 0 spiro atoms. The lowest BCUT2D eigenvalue weighted by molar-refractivity contribution is 0.168. The van der Waals surface area contributed by atoms with Gasteiger partial charge in [-0.25, -0.2) is 0 Å². The van der Waals surface area contributed by atoms with Crippen molar-refractivity contribution in [3.63, 3.8) is 0 Å². The number of aliphatic hydroxyl groups excluding tert-OH is 1. The molecular formula is C9H18I2O. The van der Waals surface area contributed by atoms with Gasteiger partial charge in [-0.1, -0.05) is 77.8 Å². The maximum atomic E-state index is 9.60. The standard InChI is InChI=1S/C9H18I2O/c1-2-3-4-5-6-9(12)8(11)7-10/h8-9,12H,2-7H2,1H3. The minimum Gasteiger partial charge on any atom is -0.392 e. The first-order valence-electron chi connectivity index (χ1n) is 4.60. The molecule has 74 valence electrons. The molecule has 2 atom stereocenters. The highest BCUT2D eigenvalue weighted by molar-refractivity contribution is 14.1. The molecule has 1 nitrogen and oxygen atoms in total. The predicted octanol–water partition coefficient (Wildman–Crippen LogP) is 3.56. The van der Waals surface area contributed by atoms with Crippen LogP contribution in [0.25, 0.3) is 0 Å². The second-order valence-corrected chi connectivity index (χ2v) is 5.57. The van der Waals surface area contributed by atoms with Crippen LogP contribution in [-0.4, -0.2) is 19.6 Å². The fourth-order valence-electron chi connectivity index (χ4n) is 1.06. The van der Waals surface area contributed by atoms with Crippen molar-refractivity contribution in [2.24, 2.45) is 0 Å². The Morgan fingerprint density at radius 2 is 1.92 bits per heavy atom. The van der Waals surface area contributed by atoms with Crippen LogP contribution in [0.5, 0.6) is 0 Å². The molecular weight excluding hydrogens is 378 g/mol. The van der Waals surface area contributed by atoms with Crippen molar-refractivity contribution in [3.8, 4) is 0 Å². The summed E-state index contributed by atoms with van der Waals surface area (Å²) in [7, 11) is 0. The zero-order valence-electron chi connectivity index (χ0n) is 7.60. The maximum absolute atomic E-state index is 9.60. The molecule has 0 radical (unpaired) electrons. The van der Waals surface area contributed by atoms with Crippen LogP contribution in [0.3, 0.4) is 0 Å². The summed E-state index contributed by atoms with van der Waals surface area (Å²) in [5, 5.41) is 9.60. The predicted molar refractivity (Wildman–Crippen MR) is 71.5 cm³/mol. The number of hydrogen-bond donors (Lipinski definition) is 1. The normalized spacial score (nSPS) is 16.0. The quantitative estimate of drug-likeness (QED) is 0.397. The molecule has 0 rings (SSSR count). The Hall–Kier alpha value is 1.42. The number of unbranched alkanes of at least 4 members (excludes halogenated alkanes) is 3. The van der Waals surface area contributed by atoms with Gasteiger partial charge in [0.15, 0.2) is 0 Å². The molecule has 0 aromatic heterocycles. The van der Waals surface area contributed by atoms with Crippen molar-refractivity contribution in [1.29, 1.82) is 0 Å². The van der Waals surface area contributed by atoms with Crippen LogP contribution in [0.1, 0.15) is 39.0 Å². The number of rotatable bonds is 7. The van der Waals surface area contributed by atoms with Gasteiger partial charge < -0.3 is 5.11 Å². The summed E-state index contributed by atoms with van der Waals surface area (Å²) in [6.45, 7) is 2.21. The van der Waals surface area contributed by atoms with E-state index in [-0.39, 0.29) is 6.10 Å². The molecule has 0 amide bonds. The summed E-state index contributed by atoms with van der Waals surface area (Å²) in [5.41, 5.74) is 0. The Morgan fingerprint density at radius 3 is 2.42 bits per heavy atom. The number of aliphatic hydroxyl groups is 1. The van der Waals surface area contributed by atoms with Gasteiger partial charge in [0.2, 0.25) is 0 Å². The summed E-state index contributed by atoms with van der Waals surface area (Å²) in [6.07, 6.45) is 5.94. The molecule has 2 unspecified atom stereocenters. The van der Waals surface area contributed by atoms with Crippen molar-refractivity contribution in [1.82, 2.24) is 0 Å². The summed E-state index contributed by atoms with van der Waals surface area (Å²) in [4.78, 5) is 0. The summed E-state index contributed by atoms with van der Waals surface area (Å²) >= 11 is 4.66. The lowest BCUT2D eigenvalue weighted by Crippen LogP contribution is -2.21. The molecule has 0 aromatic carbocycles. The number of hydrogen-bond acceptors (Lipinski definition) is 1. The van der Waals surface area contributed by atoms with Crippen LogP contribution in [0, 0.1) is 0 Å². The van der Waals surface area contributed by atoms with Crippen molar-refractivity contribution in [3.05, 3.63) is 0 Å². The van der Waals surface area contributed by atoms with Crippen LogP contribution < -0.4 is 0 Å². The van der Waals surface area contributed by atoms with Crippen LogP contribution >= 0.6 is 45.2 Å². The van der Waals surface area contributed by atoms with Crippen LogP contribution in [0.2, 0.25) is 0 Å². The van der Waals surface area contributed by atoms with E-state index < -0.39 is 0 Å². The molecule has 0 aliphatic carbocycles. The molecule has 0 aromatic rings. The van der Waals surface area contributed by atoms with Gasteiger partial charge in [0.1, 0.15) is 0 Å². The van der Waals surface area contributed by atoms with E-state index in [4.69, 9.17) is 0 Å². The number of alkyl halides is 2. The van der Waals surface area contributed by atoms with Crippen molar-refractivity contribution < 1.29 is 5.11 Å². The molecule has 12 heavy (non-hydrogen) atoms. The van der Waals surface area contributed by atoms with Gasteiger partial charge in [-0.15, -0.1) is 0 Å². The van der Waals surface area contributed by atoms with Gasteiger partial charge in [-0.2, -0.15) is 0 Å². The van der Waals surface area contributed by atoms with E-state index in [1.54, 1.807) is 0 Å². The van der Waals surface area contributed by atoms with Crippen molar-refractivity contribution >= 4 is 45.2 Å². The van der Waals surface area contributed by atoms with Crippen molar-refractivity contribution in [2.75, 3.05) is 4.43 Å². The molecule has 1 N–H and O–H groups in total. The van der Waals surface area contributed by atoms with Gasteiger partial charge in [0, 0.05) is 8.35 Å². The minimum atomic E-state index is -0.0839. The topological polar surface area (TPSA) is 20.2 Å². The summed E-state index contributed by atoms with van der Waals surface area (Å²) in [6, 6.07) is 0. The van der Waals surface area contributed by atoms with Gasteiger partial charge >= 0.3 is 0 Å². The van der Waals surface area contributed by atoms with Gasteiger partial charge in [-0.05, 0) is 6.42 Å². The third-order valence-corrected chi connectivity index (χ3v) is 5.82. The van der Waals surface area contributed by atoms with Crippen LogP contribution in [0.15, 0.2) is 0 Å². The fraction of sp³-hybridized carbons (Fsp3) is 1.00. The second kappa shape index (κ2) is 8.99. The largest absolute Gasteiger partial charge is 0.392 e. The molecule has 0 aliphatic heterocycles. The molecule has 0 fully saturated rings. The third kappa shape index (κ3) is 6.88. The minimum absolute atomic E-state index is 0.0839. The highest BCUT2D eigenvalue weighted by atomic mass is 127. The van der Waals surface area contributed by atoms with E-state index in [2.05, 4.69) is 52.1 Å². The highest BCUT2D eigenvalue weighted by Crippen LogP contribution is 2.15. The molecule has 0 saturated heterocycles. The molecule has 0 bridgehead atoms. The molecule has 0 aliphatic rings. The average molecular weight is 396 g/mol. The van der Waals surface area contributed by atoms with Crippen LogP contribution in [-0.2, 0) is 0 Å². The lowest BCUT2D eigenvalue weighted by Gasteiger charge is -2.14. The maximum Gasteiger partial charge on any atom is 0.0665 e. The first-order valence-corrected chi connectivity index (χ1v) is 7.37. The van der Waals surface area contributed by atoms with E-state index in [0.717, 1.165) is 10.8 Å². The molecule has 0 heterocycles. The Kier molecular flexibility index (Phi) is 10.1. The molecule has 3 heteroatoms. The Labute approximate surface area is 103 Å².